The van der Waals surface area contributed by atoms with Gasteiger partial charge in [0.1, 0.15) is 5.82 Å². The lowest BCUT2D eigenvalue weighted by Gasteiger charge is -2.19. The van der Waals surface area contributed by atoms with Crippen molar-refractivity contribution in [3.63, 3.8) is 0 Å². The molecule has 0 radical (unpaired) electrons. The van der Waals surface area contributed by atoms with Crippen LogP contribution in [0.2, 0.25) is 0 Å². The minimum atomic E-state index is -0.289. The number of aliphatic imine (C=N–C) groups is 1. The molecule has 0 bridgehead atoms. The number of rotatable bonds is 0. The van der Waals surface area contributed by atoms with Crippen molar-refractivity contribution in [3.05, 3.63) is 11.9 Å². The van der Waals surface area contributed by atoms with E-state index in [0.717, 1.165) is 6.42 Å². The van der Waals surface area contributed by atoms with E-state index in [-0.39, 0.29) is 11.7 Å². The number of nitrogens with zero attached hydrogens (tertiary/aromatic N) is 1. The van der Waals surface area contributed by atoms with E-state index in [1.54, 1.807) is 6.21 Å². The van der Waals surface area contributed by atoms with E-state index >= 15 is 0 Å². The van der Waals surface area contributed by atoms with Gasteiger partial charge in [-0.2, -0.15) is 0 Å². The van der Waals surface area contributed by atoms with Gasteiger partial charge in [0.2, 0.25) is 0 Å². The first-order valence-corrected chi connectivity index (χ1v) is 2.90. The van der Waals surface area contributed by atoms with Crippen LogP contribution in [0, 0.1) is 0 Å². The minimum absolute atomic E-state index is 0. The molecule has 1 heterocycles. The van der Waals surface area contributed by atoms with Crippen molar-refractivity contribution in [1.29, 1.82) is 0 Å². The Balaban J connectivity index is 0.000000810. The second kappa shape index (κ2) is 2.81. The van der Waals surface area contributed by atoms with Gasteiger partial charge >= 0.3 is 0 Å². The summed E-state index contributed by atoms with van der Waals surface area (Å²) in [6, 6.07) is 0. The lowest BCUT2D eigenvalue weighted by atomic mass is 9.99. The first kappa shape index (κ1) is 9.13. The molecule has 58 valence electrons. The van der Waals surface area contributed by atoms with E-state index in [2.05, 4.69) is 4.99 Å². The van der Waals surface area contributed by atoms with E-state index in [1.807, 2.05) is 13.0 Å². The molecule has 0 saturated carbocycles. The SMILES string of the molecule is CC1(N)C=NC(N)=CC1.N. The van der Waals surface area contributed by atoms with Gasteiger partial charge in [0.25, 0.3) is 0 Å². The average Bonchev–Trinajstić information content (AvgIpc) is 1.78. The van der Waals surface area contributed by atoms with E-state index in [0.29, 0.717) is 5.82 Å². The summed E-state index contributed by atoms with van der Waals surface area (Å²) in [4.78, 5) is 3.87. The van der Waals surface area contributed by atoms with Crippen LogP contribution >= 0.6 is 0 Å². The fourth-order valence-corrected chi connectivity index (χ4v) is 0.652. The first-order valence-electron chi connectivity index (χ1n) is 2.90. The van der Waals surface area contributed by atoms with Crippen molar-refractivity contribution in [2.75, 3.05) is 0 Å². The van der Waals surface area contributed by atoms with Gasteiger partial charge in [-0.05, 0) is 19.4 Å². The summed E-state index contributed by atoms with van der Waals surface area (Å²) < 4.78 is 0. The van der Waals surface area contributed by atoms with Crippen LogP contribution in [0.1, 0.15) is 13.3 Å². The Morgan fingerprint density at radius 3 is 2.60 bits per heavy atom. The summed E-state index contributed by atoms with van der Waals surface area (Å²) in [6.45, 7) is 1.92. The summed E-state index contributed by atoms with van der Waals surface area (Å²) in [5.41, 5.74) is 10.8. The third-order valence-corrected chi connectivity index (χ3v) is 1.26. The molecule has 1 unspecified atom stereocenters. The van der Waals surface area contributed by atoms with Crippen LogP contribution in [0.25, 0.3) is 0 Å². The zero-order valence-electron chi connectivity index (χ0n) is 6.17. The molecule has 1 rings (SSSR count). The monoisotopic (exact) mass is 142 g/mol. The van der Waals surface area contributed by atoms with E-state index in [4.69, 9.17) is 11.5 Å². The van der Waals surface area contributed by atoms with Gasteiger partial charge in [-0.25, -0.2) is 4.99 Å². The molecule has 0 fully saturated rings. The largest absolute Gasteiger partial charge is 0.384 e. The molecule has 1 aliphatic rings. The molecule has 4 nitrogen and oxygen atoms in total. The summed E-state index contributed by atoms with van der Waals surface area (Å²) in [6.07, 6.45) is 4.30. The fraction of sp³-hybridized carbons (Fsp3) is 0.500. The van der Waals surface area contributed by atoms with Crippen LogP contribution in [-0.4, -0.2) is 11.8 Å². The van der Waals surface area contributed by atoms with Gasteiger partial charge in [-0.1, -0.05) is 0 Å². The predicted octanol–water partition coefficient (Wildman–Crippen LogP) is 0.140. The Hall–Kier alpha value is -0.870. The minimum Gasteiger partial charge on any atom is -0.384 e. The van der Waals surface area contributed by atoms with Gasteiger partial charge in [0.15, 0.2) is 0 Å². The van der Waals surface area contributed by atoms with Crippen LogP contribution in [0.3, 0.4) is 0 Å². The summed E-state index contributed by atoms with van der Waals surface area (Å²) in [5, 5.41) is 0. The van der Waals surface area contributed by atoms with Gasteiger partial charge in [0.05, 0.1) is 5.54 Å². The molecule has 4 heteroatoms. The van der Waals surface area contributed by atoms with Crippen molar-refractivity contribution in [1.82, 2.24) is 6.15 Å². The van der Waals surface area contributed by atoms with Crippen molar-refractivity contribution in [2.24, 2.45) is 16.5 Å². The topological polar surface area (TPSA) is 99.4 Å². The maximum Gasteiger partial charge on any atom is 0.118 e. The Labute approximate surface area is 60.6 Å². The highest BCUT2D eigenvalue weighted by molar-refractivity contribution is 5.71. The maximum atomic E-state index is 5.69. The molecule has 0 amide bonds. The Morgan fingerprint density at radius 2 is 2.30 bits per heavy atom. The summed E-state index contributed by atoms with van der Waals surface area (Å²) >= 11 is 0. The van der Waals surface area contributed by atoms with E-state index in [9.17, 15) is 0 Å². The third kappa shape index (κ3) is 2.16. The van der Waals surface area contributed by atoms with Crippen molar-refractivity contribution < 1.29 is 0 Å². The fourth-order valence-electron chi connectivity index (χ4n) is 0.652. The van der Waals surface area contributed by atoms with Crippen LogP contribution in [-0.2, 0) is 0 Å². The highest BCUT2D eigenvalue weighted by Crippen LogP contribution is 2.09. The maximum absolute atomic E-state index is 5.69. The Kier molecular flexibility index (Phi) is 2.56. The van der Waals surface area contributed by atoms with E-state index in [1.165, 1.54) is 0 Å². The highest BCUT2D eigenvalue weighted by atomic mass is 14.9. The molecule has 0 aromatic rings. The molecule has 1 atom stereocenters. The van der Waals surface area contributed by atoms with Crippen LogP contribution < -0.4 is 17.6 Å². The second-order valence-electron chi connectivity index (χ2n) is 2.60. The second-order valence-corrected chi connectivity index (χ2v) is 2.60. The molecule has 0 aromatic heterocycles. The molecular weight excluding hydrogens is 128 g/mol. The van der Waals surface area contributed by atoms with Gasteiger partial charge in [-0.15, -0.1) is 0 Å². The summed E-state index contributed by atoms with van der Waals surface area (Å²) in [7, 11) is 0. The average molecular weight is 142 g/mol. The van der Waals surface area contributed by atoms with Crippen molar-refractivity contribution in [3.8, 4) is 0 Å². The standard InChI is InChI=1S/C6H11N3.H3N/c1-6(8)3-2-5(7)9-4-6;/h2,4H,3,7-8H2,1H3;1H3. The first-order chi connectivity index (χ1) is 4.10. The zero-order chi connectivity index (χ0) is 6.91. The molecule has 0 saturated heterocycles. The molecular formula is C6H14N4. The molecule has 1 aliphatic heterocycles. The highest BCUT2D eigenvalue weighted by Gasteiger charge is 2.16. The van der Waals surface area contributed by atoms with Gasteiger partial charge in [0, 0.05) is 6.21 Å². The number of hydrogen-bond acceptors (Lipinski definition) is 4. The lowest BCUT2D eigenvalue weighted by molar-refractivity contribution is 0.636. The van der Waals surface area contributed by atoms with Gasteiger partial charge in [-0.3, -0.25) is 0 Å². The quantitative estimate of drug-likeness (QED) is 0.448. The number of hydrogen-bond donors (Lipinski definition) is 3. The van der Waals surface area contributed by atoms with Crippen molar-refractivity contribution >= 4 is 6.21 Å². The Morgan fingerprint density at radius 1 is 1.70 bits per heavy atom. The van der Waals surface area contributed by atoms with Crippen LogP contribution in [0.4, 0.5) is 0 Å². The summed E-state index contributed by atoms with van der Waals surface area (Å²) in [5.74, 6) is 0.568. The predicted molar refractivity (Wildman–Crippen MR) is 43.0 cm³/mol. The third-order valence-electron chi connectivity index (χ3n) is 1.26. The van der Waals surface area contributed by atoms with Crippen molar-refractivity contribution in [2.45, 2.75) is 18.9 Å². The van der Waals surface area contributed by atoms with E-state index < -0.39 is 0 Å². The van der Waals surface area contributed by atoms with Gasteiger partial charge < -0.3 is 17.6 Å². The number of nitrogens with two attached hydrogens (primary N) is 2. The normalized spacial score (nSPS) is 30.8. The van der Waals surface area contributed by atoms with Crippen LogP contribution in [0.15, 0.2) is 16.9 Å². The molecule has 0 aliphatic carbocycles. The smallest absolute Gasteiger partial charge is 0.118 e. The lowest BCUT2D eigenvalue weighted by Crippen LogP contribution is -2.39. The molecule has 7 N–H and O–H groups in total. The zero-order valence-corrected chi connectivity index (χ0v) is 6.17. The molecule has 0 spiro atoms. The molecule has 10 heavy (non-hydrogen) atoms. The molecule has 0 aromatic carbocycles. The Bertz CT molecular complexity index is 169. The van der Waals surface area contributed by atoms with Crippen LogP contribution in [0.5, 0.6) is 0 Å².